The third-order valence-electron chi connectivity index (χ3n) is 1.55. The van der Waals surface area contributed by atoms with Gasteiger partial charge in [0.2, 0.25) is 0 Å². The number of halogens is 3. The van der Waals surface area contributed by atoms with Gasteiger partial charge < -0.3 is 0 Å². The first-order chi connectivity index (χ1) is 5.68. The van der Waals surface area contributed by atoms with Crippen LogP contribution >= 0.6 is 61.5 Å². The minimum Gasteiger partial charge on any atom is -0.141 e. The molecule has 1 heterocycles. The summed E-state index contributed by atoms with van der Waals surface area (Å²) >= 11 is 13.5. The summed E-state index contributed by atoms with van der Waals surface area (Å²) in [5.74, 6) is 0. The largest absolute Gasteiger partial charge is 0.141 e. The van der Waals surface area contributed by atoms with Crippen LogP contribution in [0.4, 0.5) is 0 Å². The van der Waals surface area contributed by atoms with E-state index in [1.807, 2.05) is 5.38 Å². The van der Waals surface area contributed by atoms with Crippen LogP contribution in [0, 0.1) is 3.57 Å². The minimum atomic E-state index is 0.842. The van der Waals surface area contributed by atoms with Crippen LogP contribution < -0.4 is 0 Å². The molecule has 62 valence electrons. The molecular formula is C8H3BrClIS. The topological polar surface area (TPSA) is 0 Å². The predicted molar refractivity (Wildman–Crippen MR) is 67.3 cm³/mol. The maximum Gasteiger partial charge on any atom is 0.0592 e. The van der Waals surface area contributed by atoms with Crippen LogP contribution in [-0.2, 0) is 0 Å². The van der Waals surface area contributed by atoms with Crippen LogP contribution in [0.15, 0.2) is 22.0 Å². The molecule has 0 saturated heterocycles. The van der Waals surface area contributed by atoms with Crippen molar-refractivity contribution in [3.63, 3.8) is 0 Å². The minimum absolute atomic E-state index is 0.842. The highest BCUT2D eigenvalue weighted by Gasteiger charge is 2.05. The molecule has 1 aromatic carbocycles. The quantitative estimate of drug-likeness (QED) is 0.575. The van der Waals surface area contributed by atoms with E-state index >= 15 is 0 Å². The van der Waals surface area contributed by atoms with Crippen molar-refractivity contribution >= 4 is 71.5 Å². The van der Waals surface area contributed by atoms with Crippen molar-refractivity contribution in [1.29, 1.82) is 0 Å². The Hall–Kier alpha value is 0.680. The van der Waals surface area contributed by atoms with Crippen molar-refractivity contribution in [3.8, 4) is 0 Å². The fourth-order valence-electron chi connectivity index (χ4n) is 1.03. The Labute approximate surface area is 101 Å². The molecule has 12 heavy (non-hydrogen) atoms. The Balaban J connectivity index is 2.92. The highest BCUT2D eigenvalue weighted by molar-refractivity contribution is 14.1. The average molecular weight is 373 g/mol. The van der Waals surface area contributed by atoms with E-state index in [1.165, 1.54) is 8.27 Å². The zero-order valence-corrected chi connectivity index (χ0v) is 11.1. The molecule has 0 aliphatic heterocycles. The molecule has 0 unspecified atom stereocenters. The molecule has 0 fully saturated rings. The molecule has 0 N–H and O–H groups in total. The molecule has 0 nitrogen and oxygen atoms in total. The number of hydrogen-bond donors (Lipinski definition) is 0. The number of benzene rings is 1. The van der Waals surface area contributed by atoms with Gasteiger partial charge in [-0.05, 0) is 34.7 Å². The van der Waals surface area contributed by atoms with E-state index in [0.717, 1.165) is 14.9 Å². The molecule has 0 saturated carbocycles. The van der Waals surface area contributed by atoms with Gasteiger partial charge in [-0.15, -0.1) is 11.3 Å². The molecule has 0 amide bonds. The summed E-state index contributed by atoms with van der Waals surface area (Å²) in [6.45, 7) is 0. The van der Waals surface area contributed by atoms with Gasteiger partial charge in [0, 0.05) is 23.5 Å². The van der Waals surface area contributed by atoms with Crippen LogP contribution in [0.25, 0.3) is 10.1 Å². The molecule has 0 radical (unpaired) electrons. The smallest absolute Gasteiger partial charge is 0.0592 e. The molecule has 0 spiro atoms. The highest BCUT2D eigenvalue weighted by atomic mass is 127. The molecule has 4 heteroatoms. The summed E-state index contributed by atoms with van der Waals surface area (Å²) in [6, 6.07) is 4.14. The average Bonchev–Trinajstić information content (AvgIpc) is 2.33. The standard InChI is InChI=1S/C8H3BrClIS/c9-4-1-5-6(10)3-12-8(5)7(11)2-4/h1-3H. The first-order valence-electron chi connectivity index (χ1n) is 3.20. The van der Waals surface area contributed by atoms with E-state index in [4.69, 9.17) is 11.6 Å². The van der Waals surface area contributed by atoms with Crippen molar-refractivity contribution in [1.82, 2.24) is 0 Å². The van der Waals surface area contributed by atoms with Crippen LogP contribution in [0.3, 0.4) is 0 Å². The molecule has 0 atom stereocenters. The summed E-state index contributed by atoms with van der Waals surface area (Å²) in [4.78, 5) is 0. The van der Waals surface area contributed by atoms with Gasteiger partial charge in [-0.25, -0.2) is 0 Å². The van der Waals surface area contributed by atoms with Crippen molar-refractivity contribution < 1.29 is 0 Å². The Morgan fingerprint density at radius 1 is 1.42 bits per heavy atom. The van der Waals surface area contributed by atoms with Crippen LogP contribution in [-0.4, -0.2) is 0 Å². The van der Waals surface area contributed by atoms with Crippen LogP contribution in [0.5, 0.6) is 0 Å². The fraction of sp³-hybridized carbons (Fsp3) is 0. The van der Waals surface area contributed by atoms with Gasteiger partial charge in [-0.2, -0.15) is 0 Å². The van der Waals surface area contributed by atoms with Crippen molar-refractivity contribution in [2.24, 2.45) is 0 Å². The SMILES string of the molecule is Clc1csc2c(I)cc(Br)cc12. The van der Waals surface area contributed by atoms with E-state index in [2.05, 4.69) is 50.7 Å². The highest BCUT2D eigenvalue weighted by Crippen LogP contribution is 2.35. The second kappa shape index (κ2) is 3.44. The summed E-state index contributed by atoms with van der Waals surface area (Å²) in [7, 11) is 0. The number of thiophene rings is 1. The van der Waals surface area contributed by atoms with Gasteiger partial charge >= 0.3 is 0 Å². The van der Waals surface area contributed by atoms with Crippen molar-refractivity contribution in [2.75, 3.05) is 0 Å². The molecular weight excluding hydrogens is 370 g/mol. The molecule has 0 aliphatic rings. The van der Waals surface area contributed by atoms with E-state index in [0.29, 0.717) is 0 Å². The van der Waals surface area contributed by atoms with Gasteiger partial charge in [0.25, 0.3) is 0 Å². The lowest BCUT2D eigenvalue weighted by Crippen LogP contribution is -1.72. The summed E-state index contributed by atoms with van der Waals surface area (Å²) < 4.78 is 3.59. The van der Waals surface area contributed by atoms with Gasteiger partial charge in [0.1, 0.15) is 0 Å². The number of fused-ring (bicyclic) bond motifs is 1. The monoisotopic (exact) mass is 372 g/mol. The Bertz CT molecular complexity index is 438. The number of hydrogen-bond acceptors (Lipinski definition) is 1. The summed E-state index contributed by atoms with van der Waals surface area (Å²) in [5.41, 5.74) is 0. The van der Waals surface area contributed by atoms with Gasteiger partial charge in [-0.1, -0.05) is 27.5 Å². The van der Waals surface area contributed by atoms with Crippen molar-refractivity contribution in [3.05, 3.63) is 30.6 Å². The first kappa shape index (κ1) is 9.24. The van der Waals surface area contributed by atoms with Gasteiger partial charge in [0.15, 0.2) is 0 Å². The fourth-order valence-corrected chi connectivity index (χ4v) is 4.08. The molecule has 0 aliphatic carbocycles. The first-order valence-corrected chi connectivity index (χ1v) is 6.33. The van der Waals surface area contributed by atoms with E-state index < -0.39 is 0 Å². The van der Waals surface area contributed by atoms with E-state index in [-0.39, 0.29) is 0 Å². The Kier molecular flexibility index (Phi) is 2.65. The molecule has 2 rings (SSSR count). The molecule has 1 aromatic heterocycles. The Morgan fingerprint density at radius 2 is 2.17 bits per heavy atom. The van der Waals surface area contributed by atoms with Crippen molar-refractivity contribution in [2.45, 2.75) is 0 Å². The Morgan fingerprint density at radius 3 is 2.92 bits per heavy atom. The lowest BCUT2D eigenvalue weighted by Gasteiger charge is -1.95. The molecule has 2 aromatic rings. The second-order valence-electron chi connectivity index (χ2n) is 2.35. The number of rotatable bonds is 0. The predicted octanol–water partition coefficient (Wildman–Crippen LogP) is 4.92. The van der Waals surface area contributed by atoms with Gasteiger partial charge in [-0.3, -0.25) is 0 Å². The van der Waals surface area contributed by atoms with Crippen LogP contribution in [0.1, 0.15) is 0 Å². The zero-order chi connectivity index (χ0) is 8.72. The van der Waals surface area contributed by atoms with Crippen LogP contribution in [0.2, 0.25) is 5.02 Å². The maximum absolute atomic E-state index is 6.00. The third kappa shape index (κ3) is 1.52. The summed E-state index contributed by atoms with van der Waals surface area (Å²) in [5, 5.41) is 3.95. The normalized spacial score (nSPS) is 10.9. The van der Waals surface area contributed by atoms with E-state index in [9.17, 15) is 0 Å². The lowest BCUT2D eigenvalue weighted by atomic mass is 10.3. The van der Waals surface area contributed by atoms with E-state index in [1.54, 1.807) is 11.3 Å². The second-order valence-corrected chi connectivity index (χ2v) is 5.71. The van der Waals surface area contributed by atoms with Gasteiger partial charge in [0.05, 0.1) is 5.02 Å². The zero-order valence-electron chi connectivity index (χ0n) is 5.77. The third-order valence-corrected chi connectivity index (χ3v) is 4.69. The summed E-state index contributed by atoms with van der Waals surface area (Å²) in [6.07, 6.45) is 0. The maximum atomic E-state index is 6.00. The lowest BCUT2D eigenvalue weighted by molar-refractivity contribution is 1.72. The molecule has 0 bridgehead atoms.